The molecule has 0 radical (unpaired) electrons. The molecule has 5 heteroatoms. The summed E-state index contributed by atoms with van der Waals surface area (Å²) in [5.41, 5.74) is 0. The summed E-state index contributed by atoms with van der Waals surface area (Å²) in [6.45, 7) is 0.880. The van der Waals surface area contributed by atoms with Crippen LogP contribution in [-0.4, -0.2) is 22.6 Å². The van der Waals surface area contributed by atoms with E-state index in [-0.39, 0.29) is 11.1 Å². The zero-order valence-corrected chi connectivity index (χ0v) is 11.0. The number of nitrogens with zero attached hydrogens (tertiary/aromatic N) is 3. The van der Waals surface area contributed by atoms with Gasteiger partial charge in [0.15, 0.2) is 11.6 Å². The van der Waals surface area contributed by atoms with E-state index in [2.05, 4.69) is 14.9 Å². The molecule has 2 fully saturated rings. The second kappa shape index (κ2) is 5.00. The van der Waals surface area contributed by atoms with Gasteiger partial charge in [-0.1, -0.05) is 12.8 Å². The van der Waals surface area contributed by atoms with Crippen LogP contribution in [0.15, 0.2) is 6.20 Å². The van der Waals surface area contributed by atoms with Crippen LogP contribution in [0.5, 0.6) is 0 Å². The topological polar surface area (TPSA) is 29.0 Å². The lowest BCUT2D eigenvalue weighted by Gasteiger charge is -2.30. The van der Waals surface area contributed by atoms with Gasteiger partial charge in [0.1, 0.15) is 0 Å². The summed E-state index contributed by atoms with van der Waals surface area (Å²) >= 11 is 5.79. The molecule has 0 amide bonds. The normalized spacial score (nSPS) is 25.0. The van der Waals surface area contributed by atoms with Crippen LogP contribution in [0.4, 0.5) is 10.2 Å². The van der Waals surface area contributed by atoms with Crippen molar-refractivity contribution in [3.63, 3.8) is 0 Å². The summed E-state index contributed by atoms with van der Waals surface area (Å²) in [5.74, 6) is 0.731. The van der Waals surface area contributed by atoms with E-state index >= 15 is 0 Å². The molecule has 1 saturated carbocycles. The average molecular weight is 270 g/mol. The third-order valence-electron chi connectivity index (χ3n) is 4.21. The lowest BCUT2D eigenvalue weighted by Crippen LogP contribution is -2.36. The molecular formula is C13H17ClFN3. The van der Waals surface area contributed by atoms with Gasteiger partial charge >= 0.3 is 0 Å². The maximum atomic E-state index is 13.9. The fourth-order valence-electron chi connectivity index (χ4n) is 3.43. The fraction of sp³-hybridized carbons (Fsp3) is 0.692. The summed E-state index contributed by atoms with van der Waals surface area (Å²) in [7, 11) is 0. The first-order chi connectivity index (χ1) is 8.75. The molecule has 2 aliphatic rings. The highest BCUT2D eigenvalue weighted by Gasteiger charge is 2.35. The van der Waals surface area contributed by atoms with Crippen LogP contribution in [0, 0.1) is 11.7 Å². The van der Waals surface area contributed by atoms with Crippen molar-refractivity contribution in [2.75, 3.05) is 11.4 Å². The Balaban J connectivity index is 1.87. The van der Waals surface area contributed by atoms with E-state index in [1.807, 2.05) is 0 Å². The van der Waals surface area contributed by atoms with E-state index in [1.165, 1.54) is 31.9 Å². The van der Waals surface area contributed by atoms with Crippen LogP contribution >= 0.6 is 11.6 Å². The van der Waals surface area contributed by atoms with Crippen molar-refractivity contribution in [1.29, 1.82) is 0 Å². The average Bonchev–Trinajstić information content (AvgIpc) is 3.00. The van der Waals surface area contributed by atoms with E-state index in [0.29, 0.717) is 17.8 Å². The van der Waals surface area contributed by atoms with Gasteiger partial charge in [0.2, 0.25) is 5.28 Å². The van der Waals surface area contributed by atoms with Crippen LogP contribution in [0.3, 0.4) is 0 Å². The Labute approximate surface area is 111 Å². The lowest BCUT2D eigenvalue weighted by molar-refractivity contribution is 0.425. The van der Waals surface area contributed by atoms with Crippen LogP contribution in [0.2, 0.25) is 5.28 Å². The van der Waals surface area contributed by atoms with Crippen molar-refractivity contribution >= 4 is 17.4 Å². The van der Waals surface area contributed by atoms with Crippen LogP contribution in [0.25, 0.3) is 0 Å². The van der Waals surface area contributed by atoms with E-state index in [1.54, 1.807) is 0 Å². The molecule has 18 heavy (non-hydrogen) atoms. The smallest absolute Gasteiger partial charge is 0.224 e. The molecule has 0 aromatic carbocycles. The molecule has 1 unspecified atom stereocenters. The van der Waals surface area contributed by atoms with Gasteiger partial charge in [0, 0.05) is 12.6 Å². The molecular weight excluding hydrogens is 253 g/mol. The van der Waals surface area contributed by atoms with E-state index < -0.39 is 0 Å². The van der Waals surface area contributed by atoms with Crippen molar-refractivity contribution in [2.45, 2.75) is 44.6 Å². The number of aromatic nitrogens is 2. The van der Waals surface area contributed by atoms with Crippen molar-refractivity contribution < 1.29 is 4.39 Å². The Bertz CT molecular complexity index is 434. The second-order valence-electron chi connectivity index (χ2n) is 5.26. The highest BCUT2D eigenvalue weighted by molar-refractivity contribution is 6.28. The fourth-order valence-corrected chi connectivity index (χ4v) is 3.56. The Morgan fingerprint density at radius 3 is 2.78 bits per heavy atom. The number of hydrogen-bond donors (Lipinski definition) is 0. The van der Waals surface area contributed by atoms with E-state index in [4.69, 9.17) is 11.6 Å². The Kier molecular flexibility index (Phi) is 3.37. The Morgan fingerprint density at radius 2 is 2.00 bits per heavy atom. The molecule has 98 valence electrons. The van der Waals surface area contributed by atoms with Gasteiger partial charge in [0.05, 0.1) is 6.20 Å². The summed E-state index contributed by atoms with van der Waals surface area (Å²) in [4.78, 5) is 9.88. The van der Waals surface area contributed by atoms with Gasteiger partial charge in [-0.05, 0) is 43.2 Å². The minimum atomic E-state index is -0.357. The second-order valence-corrected chi connectivity index (χ2v) is 5.60. The zero-order chi connectivity index (χ0) is 12.5. The van der Waals surface area contributed by atoms with Gasteiger partial charge in [-0.3, -0.25) is 0 Å². The van der Waals surface area contributed by atoms with Crippen molar-refractivity contribution in [2.24, 2.45) is 5.92 Å². The number of rotatable bonds is 2. The van der Waals surface area contributed by atoms with E-state index in [9.17, 15) is 4.39 Å². The first-order valence-electron chi connectivity index (χ1n) is 6.70. The van der Waals surface area contributed by atoms with Crippen molar-refractivity contribution in [3.05, 3.63) is 17.3 Å². The van der Waals surface area contributed by atoms with Gasteiger partial charge in [-0.2, -0.15) is 4.98 Å². The van der Waals surface area contributed by atoms with E-state index in [0.717, 1.165) is 19.4 Å². The predicted octanol–water partition coefficient (Wildman–Crippen LogP) is 3.43. The molecule has 2 heterocycles. The van der Waals surface area contributed by atoms with Gasteiger partial charge in [-0.15, -0.1) is 0 Å². The standard InChI is InChI=1S/C13H17ClFN3/c14-13-16-8-10(15)12(17-13)18-7-3-6-11(18)9-4-1-2-5-9/h8-9,11H,1-7H2. The molecule has 0 N–H and O–H groups in total. The first kappa shape index (κ1) is 12.2. The SMILES string of the molecule is Fc1cnc(Cl)nc1N1CCCC1C1CCCC1. The van der Waals surface area contributed by atoms with Gasteiger partial charge in [-0.25, -0.2) is 9.37 Å². The summed E-state index contributed by atoms with van der Waals surface area (Å²) in [5, 5.41) is 0.128. The molecule has 1 aromatic heterocycles. The maximum Gasteiger partial charge on any atom is 0.224 e. The molecule has 0 bridgehead atoms. The first-order valence-corrected chi connectivity index (χ1v) is 7.08. The minimum absolute atomic E-state index is 0.128. The molecule has 1 aliphatic heterocycles. The number of anilines is 1. The Hall–Kier alpha value is -0.900. The molecule has 1 atom stereocenters. The van der Waals surface area contributed by atoms with Gasteiger partial charge < -0.3 is 4.90 Å². The van der Waals surface area contributed by atoms with Crippen molar-refractivity contribution in [1.82, 2.24) is 9.97 Å². The minimum Gasteiger partial charge on any atom is -0.351 e. The maximum absolute atomic E-state index is 13.9. The molecule has 1 aliphatic carbocycles. The van der Waals surface area contributed by atoms with Crippen LogP contribution in [0.1, 0.15) is 38.5 Å². The zero-order valence-electron chi connectivity index (χ0n) is 10.3. The third-order valence-corrected chi connectivity index (χ3v) is 4.39. The molecule has 3 rings (SSSR count). The third kappa shape index (κ3) is 2.18. The van der Waals surface area contributed by atoms with Crippen LogP contribution < -0.4 is 4.90 Å². The van der Waals surface area contributed by atoms with Crippen LogP contribution in [-0.2, 0) is 0 Å². The molecule has 3 nitrogen and oxygen atoms in total. The summed E-state index contributed by atoms with van der Waals surface area (Å²) in [6, 6.07) is 0.438. The number of halogens is 2. The molecule has 1 saturated heterocycles. The highest BCUT2D eigenvalue weighted by atomic mass is 35.5. The van der Waals surface area contributed by atoms with Gasteiger partial charge in [0.25, 0.3) is 0 Å². The van der Waals surface area contributed by atoms with Crippen molar-refractivity contribution in [3.8, 4) is 0 Å². The summed E-state index contributed by atoms with van der Waals surface area (Å²) < 4.78 is 13.9. The Morgan fingerprint density at radius 1 is 1.22 bits per heavy atom. The predicted molar refractivity (Wildman–Crippen MR) is 69.3 cm³/mol. The molecule has 1 aromatic rings. The largest absolute Gasteiger partial charge is 0.351 e. The molecule has 0 spiro atoms. The highest BCUT2D eigenvalue weighted by Crippen LogP contribution is 2.37. The lowest BCUT2D eigenvalue weighted by atomic mass is 9.96. The quantitative estimate of drug-likeness (QED) is 0.771. The number of hydrogen-bond acceptors (Lipinski definition) is 3. The monoisotopic (exact) mass is 269 g/mol. The summed E-state index contributed by atoms with van der Waals surface area (Å²) in [6.07, 6.45) is 8.58.